The monoisotopic (exact) mass is 442 g/mol. The van der Waals surface area contributed by atoms with Gasteiger partial charge in [-0.3, -0.25) is 4.79 Å². The summed E-state index contributed by atoms with van der Waals surface area (Å²) in [6.45, 7) is 5.07. The number of carbonyl (C=O) groups is 1. The molecule has 4 rings (SSSR count). The molecule has 0 N–H and O–H groups in total. The average Bonchev–Trinajstić information content (AvgIpc) is 3.12. The van der Waals surface area contributed by atoms with Crippen LogP contribution in [0.1, 0.15) is 27.2 Å². The van der Waals surface area contributed by atoms with Gasteiger partial charge < -0.3 is 14.1 Å². The molecule has 1 aliphatic rings. The lowest BCUT2D eigenvalue weighted by Crippen LogP contribution is -2.50. The van der Waals surface area contributed by atoms with Crippen molar-refractivity contribution in [1.82, 2.24) is 9.21 Å². The molecule has 0 spiro atoms. The first kappa shape index (κ1) is 21.5. The Balaban J connectivity index is 1.53. The lowest BCUT2D eigenvalue weighted by molar-refractivity contribution is 0.0662. The maximum atomic E-state index is 13.2. The number of hydrogen-bond acceptors (Lipinski definition) is 5. The summed E-state index contributed by atoms with van der Waals surface area (Å²) >= 11 is 0. The zero-order valence-corrected chi connectivity index (χ0v) is 18.7. The summed E-state index contributed by atoms with van der Waals surface area (Å²) < 4.78 is 38.8. The van der Waals surface area contributed by atoms with Crippen molar-refractivity contribution >= 4 is 26.9 Å². The number of benzene rings is 2. The van der Waals surface area contributed by atoms with Gasteiger partial charge in [0.1, 0.15) is 5.58 Å². The predicted molar refractivity (Wildman–Crippen MR) is 118 cm³/mol. The molecule has 2 heterocycles. The lowest BCUT2D eigenvalue weighted by atomic mass is 10.1. The zero-order valence-electron chi connectivity index (χ0n) is 17.9. The lowest BCUT2D eigenvalue weighted by Gasteiger charge is -2.34. The van der Waals surface area contributed by atoms with E-state index in [1.165, 1.54) is 4.31 Å². The molecule has 3 aromatic rings. The van der Waals surface area contributed by atoms with E-state index in [2.05, 4.69) is 0 Å². The summed E-state index contributed by atoms with van der Waals surface area (Å²) in [6.07, 6.45) is 0. The fourth-order valence-electron chi connectivity index (χ4n) is 4.06. The van der Waals surface area contributed by atoms with Crippen LogP contribution < -0.4 is 0 Å². The van der Waals surface area contributed by atoms with Gasteiger partial charge in [0.15, 0.2) is 5.76 Å². The second-order valence-electron chi connectivity index (χ2n) is 7.80. The summed E-state index contributed by atoms with van der Waals surface area (Å²) in [5.74, 6) is 0.0144. The van der Waals surface area contributed by atoms with Crippen molar-refractivity contribution < 1.29 is 22.4 Å². The molecular formula is C23H26N2O5S. The van der Waals surface area contributed by atoms with Crippen molar-refractivity contribution in [3.63, 3.8) is 0 Å². The van der Waals surface area contributed by atoms with Crippen LogP contribution in [0.3, 0.4) is 0 Å². The molecule has 1 amide bonds. The Morgan fingerprint density at radius 1 is 1.06 bits per heavy atom. The number of aryl methyl sites for hydroxylation is 2. The highest BCUT2D eigenvalue weighted by Gasteiger charge is 2.33. The number of amides is 1. The molecule has 1 saturated heterocycles. The Morgan fingerprint density at radius 2 is 1.77 bits per heavy atom. The van der Waals surface area contributed by atoms with Gasteiger partial charge in [-0.1, -0.05) is 35.9 Å². The topological polar surface area (TPSA) is 80.1 Å². The molecule has 8 heteroatoms. The Morgan fingerprint density at radius 3 is 2.45 bits per heavy atom. The molecule has 1 aliphatic heterocycles. The van der Waals surface area contributed by atoms with Crippen LogP contribution in [0.5, 0.6) is 0 Å². The summed E-state index contributed by atoms with van der Waals surface area (Å²) in [4.78, 5) is 15.2. The molecule has 164 valence electrons. The molecule has 0 saturated carbocycles. The molecule has 0 unspecified atom stereocenters. The van der Waals surface area contributed by atoms with Crippen LogP contribution in [-0.2, 0) is 21.4 Å². The Labute approximate surface area is 182 Å². The number of fused-ring (bicyclic) bond motifs is 1. The van der Waals surface area contributed by atoms with E-state index in [1.54, 1.807) is 31.1 Å². The molecule has 0 aliphatic carbocycles. The highest BCUT2D eigenvalue weighted by molar-refractivity contribution is 7.89. The van der Waals surface area contributed by atoms with Crippen LogP contribution in [0.25, 0.3) is 11.0 Å². The Hall–Kier alpha value is -2.68. The van der Waals surface area contributed by atoms with Crippen molar-refractivity contribution in [3.05, 3.63) is 64.9 Å². The van der Waals surface area contributed by atoms with E-state index in [9.17, 15) is 13.2 Å². The van der Waals surface area contributed by atoms with Gasteiger partial charge in [-0.15, -0.1) is 0 Å². The quantitative estimate of drug-likeness (QED) is 0.605. The molecule has 0 bridgehead atoms. The molecule has 31 heavy (non-hydrogen) atoms. The molecule has 0 atom stereocenters. The smallest absolute Gasteiger partial charge is 0.290 e. The second-order valence-corrected chi connectivity index (χ2v) is 9.71. The predicted octanol–water partition coefficient (Wildman–Crippen LogP) is 3.34. The fraction of sp³-hybridized carbons (Fsp3) is 0.348. The van der Waals surface area contributed by atoms with Crippen LogP contribution in [0.15, 0.2) is 51.8 Å². The van der Waals surface area contributed by atoms with E-state index in [4.69, 9.17) is 9.15 Å². The van der Waals surface area contributed by atoms with E-state index in [-0.39, 0.29) is 31.4 Å². The largest absolute Gasteiger partial charge is 0.451 e. The van der Waals surface area contributed by atoms with Gasteiger partial charge in [0, 0.05) is 44.2 Å². The summed E-state index contributed by atoms with van der Waals surface area (Å²) in [5, 5.41) is 0.851. The fourth-order valence-corrected chi connectivity index (χ4v) is 5.69. The molecular weight excluding hydrogens is 416 g/mol. The summed E-state index contributed by atoms with van der Waals surface area (Å²) in [7, 11) is -2.03. The van der Waals surface area contributed by atoms with Crippen molar-refractivity contribution in [2.24, 2.45) is 0 Å². The number of furan rings is 1. The van der Waals surface area contributed by atoms with Gasteiger partial charge in [0.05, 0.1) is 11.5 Å². The van der Waals surface area contributed by atoms with Crippen molar-refractivity contribution in [1.29, 1.82) is 0 Å². The number of piperazine rings is 1. The van der Waals surface area contributed by atoms with Crippen molar-refractivity contribution in [2.45, 2.75) is 25.3 Å². The van der Waals surface area contributed by atoms with E-state index in [1.807, 2.05) is 37.3 Å². The number of carbonyl (C=O) groups excluding carboxylic acids is 1. The van der Waals surface area contributed by atoms with Crippen LogP contribution in [0, 0.1) is 13.8 Å². The summed E-state index contributed by atoms with van der Waals surface area (Å²) in [5.41, 5.74) is 3.09. The van der Waals surface area contributed by atoms with E-state index < -0.39 is 10.0 Å². The minimum Gasteiger partial charge on any atom is -0.451 e. The van der Waals surface area contributed by atoms with Crippen LogP contribution in [0.2, 0.25) is 0 Å². The van der Waals surface area contributed by atoms with Gasteiger partial charge >= 0.3 is 0 Å². The first-order valence-electron chi connectivity index (χ1n) is 10.2. The van der Waals surface area contributed by atoms with Crippen LogP contribution in [-0.4, -0.2) is 56.8 Å². The summed E-state index contributed by atoms with van der Waals surface area (Å²) in [6, 6.07) is 12.8. The highest BCUT2D eigenvalue weighted by atomic mass is 32.2. The first-order valence-corrected chi connectivity index (χ1v) is 11.6. The average molecular weight is 443 g/mol. The third-order valence-corrected chi connectivity index (χ3v) is 7.71. The number of para-hydroxylation sites is 1. The maximum absolute atomic E-state index is 13.2. The van der Waals surface area contributed by atoms with Gasteiger partial charge in [-0.25, -0.2) is 8.42 Å². The van der Waals surface area contributed by atoms with Gasteiger partial charge in [0.2, 0.25) is 10.0 Å². The van der Waals surface area contributed by atoms with E-state index >= 15 is 0 Å². The molecule has 1 aromatic heterocycles. The molecule has 0 radical (unpaired) electrons. The van der Waals surface area contributed by atoms with Crippen LogP contribution >= 0.6 is 0 Å². The van der Waals surface area contributed by atoms with Crippen LogP contribution in [0.4, 0.5) is 0 Å². The normalized spacial score (nSPS) is 15.5. The molecule has 2 aromatic carbocycles. The number of hydrogen-bond donors (Lipinski definition) is 0. The van der Waals surface area contributed by atoms with Gasteiger partial charge in [-0.2, -0.15) is 4.31 Å². The van der Waals surface area contributed by atoms with Crippen molar-refractivity contribution in [3.8, 4) is 0 Å². The third kappa shape index (κ3) is 3.98. The first-order chi connectivity index (χ1) is 14.8. The minimum atomic E-state index is -3.61. The zero-order chi connectivity index (χ0) is 22.2. The van der Waals surface area contributed by atoms with Gasteiger partial charge in [-0.05, 0) is 31.5 Å². The van der Waals surface area contributed by atoms with Crippen molar-refractivity contribution in [2.75, 3.05) is 33.3 Å². The van der Waals surface area contributed by atoms with Gasteiger partial charge in [0.25, 0.3) is 5.91 Å². The van der Waals surface area contributed by atoms with E-state index in [0.29, 0.717) is 29.1 Å². The minimum absolute atomic E-state index is 0.237. The molecule has 1 fully saturated rings. The third-order valence-electron chi connectivity index (χ3n) is 5.66. The number of nitrogens with zero attached hydrogens (tertiary/aromatic N) is 2. The highest BCUT2D eigenvalue weighted by Crippen LogP contribution is 2.28. The number of ether oxygens (including phenoxy) is 1. The SMILES string of the molecule is COCc1c(C(=O)N2CCN(S(=O)(=O)c3ccc(C)cc3C)CC2)oc2ccccc12. The van der Waals surface area contributed by atoms with E-state index in [0.717, 1.165) is 16.5 Å². The Kier molecular flexibility index (Phi) is 5.88. The second kappa shape index (κ2) is 8.45. The molecule has 7 nitrogen and oxygen atoms in total. The number of methoxy groups -OCH3 is 1. The maximum Gasteiger partial charge on any atom is 0.290 e. The number of rotatable bonds is 5. The Bertz CT molecular complexity index is 1220. The standard InChI is InChI=1S/C23H26N2O5S/c1-16-8-9-21(17(2)14-16)31(27,28)25-12-10-24(11-13-25)23(26)22-19(15-29-3)18-6-4-5-7-20(18)30-22/h4-9,14H,10-13,15H2,1-3H3. The number of sulfonamides is 1.